The summed E-state index contributed by atoms with van der Waals surface area (Å²) >= 11 is 0. The number of carbonyl (C=O) groups excluding carboxylic acids is 2. The summed E-state index contributed by atoms with van der Waals surface area (Å²) < 4.78 is 3.14. The zero-order valence-corrected chi connectivity index (χ0v) is 15.3. The molecule has 0 unspecified atom stereocenters. The van der Waals surface area contributed by atoms with Crippen molar-refractivity contribution < 1.29 is 9.59 Å². The van der Waals surface area contributed by atoms with Crippen LogP contribution < -0.4 is 16.8 Å². The van der Waals surface area contributed by atoms with Gasteiger partial charge in [0.2, 0.25) is 17.8 Å². The second-order valence-electron chi connectivity index (χ2n) is 6.50. The van der Waals surface area contributed by atoms with E-state index in [2.05, 4.69) is 20.5 Å². The molecule has 0 atom stereocenters. The van der Waals surface area contributed by atoms with E-state index in [9.17, 15) is 9.59 Å². The van der Waals surface area contributed by atoms with E-state index in [-0.39, 0.29) is 24.8 Å². The van der Waals surface area contributed by atoms with Gasteiger partial charge < -0.3 is 16.8 Å². The van der Waals surface area contributed by atoms with E-state index in [1.807, 2.05) is 12.1 Å². The highest BCUT2D eigenvalue weighted by atomic mass is 16.2. The predicted octanol–water partition coefficient (Wildman–Crippen LogP) is 0.841. The van der Waals surface area contributed by atoms with E-state index in [1.54, 1.807) is 52.1 Å². The van der Waals surface area contributed by atoms with Gasteiger partial charge in [0, 0.05) is 23.6 Å². The average Bonchev–Trinajstić information content (AvgIpc) is 3.27. The molecule has 10 heteroatoms. The van der Waals surface area contributed by atoms with Gasteiger partial charge in [-0.05, 0) is 35.4 Å². The molecule has 4 rings (SSSR count). The van der Waals surface area contributed by atoms with Crippen LogP contribution in [0.3, 0.4) is 0 Å². The van der Waals surface area contributed by atoms with E-state index >= 15 is 0 Å². The third-order valence-corrected chi connectivity index (χ3v) is 4.24. The fourth-order valence-corrected chi connectivity index (χ4v) is 2.93. The molecule has 0 saturated heterocycles. The van der Waals surface area contributed by atoms with Crippen LogP contribution in [0.5, 0.6) is 0 Å². The number of primary amides is 1. The van der Waals surface area contributed by atoms with Gasteiger partial charge in [0.1, 0.15) is 6.54 Å². The van der Waals surface area contributed by atoms with Crippen molar-refractivity contribution in [1.82, 2.24) is 24.4 Å². The number of pyridine rings is 1. The Hall–Kier alpha value is -4.21. The van der Waals surface area contributed by atoms with Gasteiger partial charge in [-0.15, -0.1) is 5.10 Å². The number of aromatic nitrogens is 5. The van der Waals surface area contributed by atoms with Crippen LogP contribution in [0.2, 0.25) is 0 Å². The summed E-state index contributed by atoms with van der Waals surface area (Å²) in [6.45, 7) is 0.0587. The summed E-state index contributed by atoms with van der Waals surface area (Å²) in [5.41, 5.74) is 14.6. The molecule has 0 spiro atoms. The molecule has 0 radical (unpaired) electrons. The van der Waals surface area contributed by atoms with Gasteiger partial charge >= 0.3 is 0 Å². The largest absolute Gasteiger partial charge is 0.369 e. The number of carbonyl (C=O) groups is 2. The Morgan fingerprint density at radius 1 is 1.10 bits per heavy atom. The van der Waals surface area contributed by atoms with E-state index in [4.69, 9.17) is 11.5 Å². The number of nitrogen functional groups attached to an aromatic ring is 1. The monoisotopic (exact) mass is 390 g/mol. The van der Waals surface area contributed by atoms with Gasteiger partial charge in [-0.3, -0.25) is 14.3 Å². The van der Waals surface area contributed by atoms with Crippen molar-refractivity contribution in [3.05, 3.63) is 60.6 Å². The number of nitrogens with one attached hydrogen (secondary N) is 1. The summed E-state index contributed by atoms with van der Waals surface area (Å²) in [4.78, 5) is 27.4. The molecule has 0 saturated carbocycles. The summed E-state index contributed by atoms with van der Waals surface area (Å²) in [6, 6.07) is 10.7. The lowest BCUT2D eigenvalue weighted by Crippen LogP contribution is -2.19. The lowest BCUT2D eigenvalue weighted by Gasteiger charge is -2.06. The van der Waals surface area contributed by atoms with Gasteiger partial charge in [-0.1, -0.05) is 12.1 Å². The second kappa shape index (κ2) is 7.43. The van der Waals surface area contributed by atoms with Gasteiger partial charge in [0.05, 0.1) is 12.6 Å². The van der Waals surface area contributed by atoms with Crippen LogP contribution in [0.1, 0.15) is 5.56 Å². The zero-order chi connectivity index (χ0) is 20.4. The van der Waals surface area contributed by atoms with E-state index < -0.39 is 5.91 Å². The first kappa shape index (κ1) is 18.2. The van der Waals surface area contributed by atoms with E-state index in [0.717, 1.165) is 16.7 Å². The van der Waals surface area contributed by atoms with E-state index in [1.165, 1.54) is 0 Å². The summed E-state index contributed by atoms with van der Waals surface area (Å²) in [7, 11) is 0. The molecule has 4 aromatic rings. The van der Waals surface area contributed by atoms with Gasteiger partial charge in [0.25, 0.3) is 0 Å². The van der Waals surface area contributed by atoms with E-state index in [0.29, 0.717) is 11.3 Å². The molecular weight excluding hydrogens is 372 g/mol. The molecule has 5 N–H and O–H groups in total. The van der Waals surface area contributed by atoms with Crippen molar-refractivity contribution >= 4 is 29.1 Å². The molecule has 3 heterocycles. The molecule has 146 valence electrons. The normalized spacial score (nSPS) is 10.9. The molecule has 0 aliphatic carbocycles. The van der Waals surface area contributed by atoms with Crippen LogP contribution in [-0.4, -0.2) is 36.2 Å². The maximum absolute atomic E-state index is 12.3. The van der Waals surface area contributed by atoms with Crippen LogP contribution in [0.25, 0.3) is 16.8 Å². The number of nitrogens with two attached hydrogens (primary N) is 2. The maximum Gasteiger partial charge on any atom is 0.246 e. The fraction of sp³-hybridized carbons (Fsp3) is 0.105. The first-order chi connectivity index (χ1) is 14.0. The van der Waals surface area contributed by atoms with Crippen LogP contribution in [0.4, 0.5) is 11.6 Å². The van der Waals surface area contributed by atoms with Crippen molar-refractivity contribution in [2.45, 2.75) is 13.0 Å². The Morgan fingerprint density at radius 3 is 2.66 bits per heavy atom. The van der Waals surface area contributed by atoms with Crippen molar-refractivity contribution in [1.29, 1.82) is 0 Å². The predicted molar refractivity (Wildman–Crippen MR) is 107 cm³/mol. The topological polar surface area (TPSA) is 146 Å². The first-order valence-corrected chi connectivity index (χ1v) is 8.78. The maximum atomic E-state index is 12.3. The standard InChI is InChI=1S/C19H18N8O2/c20-16(28)7-12-1-3-15(4-2-12)23-18(29)11-26-10-14(9-22-26)13-5-6-27-17(8-13)24-19(21)25-27/h1-6,8-10H,7,11H2,(H2,20,28)(H2,21,25)(H,23,29). The van der Waals surface area contributed by atoms with Crippen molar-refractivity contribution in [2.24, 2.45) is 5.73 Å². The third-order valence-electron chi connectivity index (χ3n) is 4.24. The number of hydrogen-bond donors (Lipinski definition) is 3. The third kappa shape index (κ3) is 4.21. The van der Waals surface area contributed by atoms with Crippen LogP contribution in [0, 0.1) is 0 Å². The van der Waals surface area contributed by atoms with Crippen LogP contribution >= 0.6 is 0 Å². The number of rotatable bonds is 6. The minimum atomic E-state index is -0.400. The average molecular weight is 390 g/mol. The lowest BCUT2D eigenvalue weighted by molar-refractivity contribution is -0.118. The van der Waals surface area contributed by atoms with Gasteiger partial charge in [0.15, 0.2) is 5.65 Å². The van der Waals surface area contributed by atoms with Crippen molar-refractivity contribution in [2.75, 3.05) is 11.1 Å². The number of amides is 2. The number of benzene rings is 1. The Bertz CT molecular complexity index is 1190. The molecule has 1 aromatic carbocycles. The summed E-state index contributed by atoms with van der Waals surface area (Å²) in [6.07, 6.45) is 5.38. The molecule has 2 amide bonds. The Kier molecular flexibility index (Phi) is 4.65. The molecule has 0 aliphatic rings. The second-order valence-corrected chi connectivity index (χ2v) is 6.50. The fourth-order valence-electron chi connectivity index (χ4n) is 2.93. The molecular formula is C19H18N8O2. The molecule has 29 heavy (non-hydrogen) atoms. The molecule has 3 aromatic heterocycles. The molecule has 0 fully saturated rings. The number of fused-ring (bicyclic) bond motifs is 1. The Morgan fingerprint density at radius 2 is 1.90 bits per heavy atom. The highest BCUT2D eigenvalue weighted by molar-refractivity contribution is 5.90. The molecule has 0 bridgehead atoms. The minimum Gasteiger partial charge on any atom is -0.369 e. The van der Waals surface area contributed by atoms with Crippen molar-refractivity contribution in [3.63, 3.8) is 0 Å². The Balaban J connectivity index is 1.41. The summed E-state index contributed by atoms with van der Waals surface area (Å²) in [5, 5.41) is 11.1. The minimum absolute atomic E-state index is 0.0587. The number of hydrogen-bond acceptors (Lipinski definition) is 6. The van der Waals surface area contributed by atoms with Crippen LogP contribution in [-0.2, 0) is 22.6 Å². The molecule has 0 aliphatic heterocycles. The smallest absolute Gasteiger partial charge is 0.246 e. The summed E-state index contributed by atoms with van der Waals surface area (Å²) in [5.74, 6) is -0.414. The zero-order valence-electron chi connectivity index (χ0n) is 15.3. The quantitative estimate of drug-likeness (QED) is 0.445. The molecule has 10 nitrogen and oxygen atoms in total. The highest BCUT2D eigenvalue weighted by Crippen LogP contribution is 2.20. The number of nitrogens with zero attached hydrogens (tertiary/aromatic N) is 5. The highest BCUT2D eigenvalue weighted by Gasteiger charge is 2.09. The SMILES string of the molecule is NC(=O)Cc1ccc(NC(=O)Cn2cc(-c3ccn4nc(N)nc4c3)cn2)cc1. The van der Waals surface area contributed by atoms with Gasteiger partial charge in [-0.25, -0.2) is 4.52 Å². The van der Waals surface area contributed by atoms with Crippen LogP contribution in [0.15, 0.2) is 55.0 Å². The Labute approximate surface area is 165 Å². The van der Waals surface area contributed by atoms with Gasteiger partial charge in [-0.2, -0.15) is 10.1 Å². The number of anilines is 2. The lowest BCUT2D eigenvalue weighted by atomic mass is 10.1. The first-order valence-electron chi connectivity index (χ1n) is 8.78. The van der Waals surface area contributed by atoms with Crippen molar-refractivity contribution in [3.8, 4) is 11.1 Å².